The zero-order chi connectivity index (χ0) is 12.6. The van der Waals surface area contributed by atoms with E-state index in [0.29, 0.717) is 12.5 Å². The molecular weight excluding hydrogens is 228 g/mol. The van der Waals surface area contributed by atoms with Gasteiger partial charge in [-0.1, -0.05) is 18.2 Å². The van der Waals surface area contributed by atoms with Crippen LogP contribution in [0.15, 0.2) is 47.8 Å². The first-order valence-electron chi connectivity index (χ1n) is 5.69. The second-order valence-electron chi connectivity index (χ2n) is 3.69. The number of aromatic amines is 1. The van der Waals surface area contributed by atoms with E-state index in [1.807, 2.05) is 30.3 Å². The second-order valence-corrected chi connectivity index (χ2v) is 3.69. The van der Waals surface area contributed by atoms with Crippen LogP contribution in [0.3, 0.4) is 0 Å². The average Bonchev–Trinajstić information content (AvgIpc) is 2.92. The number of rotatable bonds is 4. The molecule has 1 aromatic heterocycles. The van der Waals surface area contributed by atoms with E-state index in [-0.39, 0.29) is 0 Å². The molecule has 6 heteroatoms. The zero-order valence-corrected chi connectivity index (χ0v) is 9.93. The molecule has 18 heavy (non-hydrogen) atoms. The summed E-state index contributed by atoms with van der Waals surface area (Å²) in [5.41, 5.74) is 4.53. The van der Waals surface area contributed by atoms with Gasteiger partial charge in [0.1, 0.15) is 0 Å². The van der Waals surface area contributed by atoms with Crippen LogP contribution in [0.25, 0.3) is 0 Å². The summed E-state index contributed by atoms with van der Waals surface area (Å²) in [5.74, 6) is 5.96. The van der Waals surface area contributed by atoms with Crippen molar-refractivity contribution in [2.45, 2.75) is 6.42 Å². The Morgan fingerprint density at radius 2 is 2.17 bits per heavy atom. The number of aromatic nitrogens is 2. The Morgan fingerprint density at radius 1 is 1.33 bits per heavy atom. The standard InChI is InChI=1S/C12H16N6/c13-18-12(17-10-4-2-1-3-5-10)15-7-6-11-8-14-9-16-11/h1-5,8-9H,6-7,13H2,(H,14,16)(H2,15,17,18). The zero-order valence-electron chi connectivity index (χ0n) is 9.93. The van der Waals surface area contributed by atoms with E-state index >= 15 is 0 Å². The molecular formula is C12H16N6. The number of aliphatic imine (C=N–C) groups is 1. The fourth-order valence-electron chi connectivity index (χ4n) is 1.49. The maximum atomic E-state index is 5.42. The maximum Gasteiger partial charge on any atom is 0.210 e. The summed E-state index contributed by atoms with van der Waals surface area (Å²) in [6, 6.07) is 9.74. The van der Waals surface area contributed by atoms with Gasteiger partial charge in [-0.2, -0.15) is 0 Å². The van der Waals surface area contributed by atoms with Crippen molar-refractivity contribution in [2.24, 2.45) is 10.8 Å². The molecule has 6 nitrogen and oxygen atoms in total. The third-order valence-corrected chi connectivity index (χ3v) is 2.38. The summed E-state index contributed by atoms with van der Waals surface area (Å²) in [4.78, 5) is 11.3. The fourth-order valence-corrected chi connectivity index (χ4v) is 1.49. The van der Waals surface area contributed by atoms with E-state index < -0.39 is 0 Å². The molecule has 2 aromatic rings. The van der Waals surface area contributed by atoms with Crippen molar-refractivity contribution in [3.8, 4) is 0 Å². The molecule has 2 rings (SSSR count). The van der Waals surface area contributed by atoms with Crippen LogP contribution in [0.5, 0.6) is 0 Å². The molecule has 1 heterocycles. The van der Waals surface area contributed by atoms with Crippen molar-refractivity contribution in [2.75, 3.05) is 11.9 Å². The minimum atomic E-state index is 0.542. The summed E-state index contributed by atoms with van der Waals surface area (Å²) in [5, 5.41) is 3.10. The molecule has 0 bridgehead atoms. The van der Waals surface area contributed by atoms with Gasteiger partial charge in [0.05, 0.1) is 6.33 Å². The molecule has 0 amide bonds. The summed E-state index contributed by atoms with van der Waals surface area (Å²) in [6.45, 7) is 0.627. The number of hydrazine groups is 1. The minimum absolute atomic E-state index is 0.542. The summed E-state index contributed by atoms with van der Waals surface area (Å²) < 4.78 is 0. The SMILES string of the molecule is NNC(=NCCc1cnc[nH]1)Nc1ccccc1. The number of nitrogens with two attached hydrogens (primary N) is 1. The molecule has 0 saturated heterocycles. The molecule has 0 radical (unpaired) electrons. The normalized spacial score (nSPS) is 11.3. The molecule has 0 spiro atoms. The third kappa shape index (κ3) is 3.60. The van der Waals surface area contributed by atoms with Gasteiger partial charge in [-0.25, -0.2) is 10.8 Å². The summed E-state index contributed by atoms with van der Waals surface area (Å²) in [6.07, 6.45) is 4.24. The topological polar surface area (TPSA) is 91.1 Å². The molecule has 0 aliphatic rings. The van der Waals surface area contributed by atoms with Gasteiger partial charge < -0.3 is 10.3 Å². The molecule has 0 aliphatic carbocycles. The number of para-hydroxylation sites is 1. The van der Waals surface area contributed by atoms with Crippen molar-refractivity contribution in [1.82, 2.24) is 15.4 Å². The number of nitrogens with zero attached hydrogens (tertiary/aromatic N) is 2. The van der Waals surface area contributed by atoms with Crippen LogP contribution in [-0.4, -0.2) is 22.5 Å². The van der Waals surface area contributed by atoms with Gasteiger partial charge in [-0.15, -0.1) is 0 Å². The quantitative estimate of drug-likeness (QED) is 0.278. The Hall–Kier alpha value is -2.34. The lowest BCUT2D eigenvalue weighted by Crippen LogP contribution is -2.36. The number of hydrogen-bond donors (Lipinski definition) is 4. The third-order valence-electron chi connectivity index (χ3n) is 2.38. The molecule has 0 atom stereocenters. The van der Waals surface area contributed by atoms with E-state index in [4.69, 9.17) is 5.84 Å². The summed E-state index contributed by atoms with van der Waals surface area (Å²) >= 11 is 0. The van der Waals surface area contributed by atoms with Crippen LogP contribution in [0.2, 0.25) is 0 Å². The molecule has 94 valence electrons. The highest BCUT2D eigenvalue weighted by atomic mass is 15.3. The van der Waals surface area contributed by atoms with Gasteiger partial charge in [0.15, 0.2) is 0 Å². The second kappa shape index (κ2) is 6.41. The highest BCUT2D eigenvalue weighted by molar-refractivity contribution is 5.93. The van der Waals surface area contributed by atoms with Crippen LogP contribution < -0.4 is 16.6 Å². The smallest absolute Gasteiger partial charge is 0.210 e. The average molecular weight is 244 g/mol. The van der Waals surface area contributed by atoms with Crippen LogP contribution in [0.1, 0.15) is 5.69 Å². The van der Waals surface area contributed by atoms with E-state index in [9.17, 15) is 0 Å². The minimum Gasteiger partial charge on any atom is -0.348 e. The van der Waals surface area contributed by atoms with E-state index in [1.54, 1.807) is 12.5 Å². The lowest BCUT2D eigenvalue weighted by molar-refractivity contribution is 0.909. The Labute approximate surface area is 105 Å². The number of benzene rings is 1. The van der Waals surface area contributed by atoms with Crippen molar-refractivity contribution < 1.29 is 0 Å². The van der Waals surface area contributed by atoms with Crippen LogP contribution >= 0.6 is 0 Å². The predicted molar refractivity (Wildman–Crippen MR) is 72.0 cm³/mol. The van der Waals surface area contributed by atoms with Gasteiger partial charge in [0, 0.05) is 30.5 Å². The molecule has 0 aliphatic heterocycles. The largest absolute Gasteiger partial charge is 0.348 e. The van der Waals surface area contributed by atoms with Crippen LogP contribution in [0, 0.1) is 0 Å². The number of H-pyrrole nitrogens is 1. The number of imidazole rings is 1. The van der Waals surface area contributed by atoms with E-state index in [1.165, 1.54) is 0 Å². The van der Waals surface area contributed by atoms with Crippen molar-refractivity contribution in [3.05, 3.63) is 48.5 Å². The highest BCUT2D eigenvalue weighted by Gasteiger charge is 1.97. The first kappa shape index (κ1) is 12.1. The number of nitrogens with one attached hydrogen (secondary N) is 3. The fraction of sp³-hybridized carbons (Fsp3) is 0.167. The Kier molecular flexibility index (Phi) is 4.32. The highest BCUT2D eigenvalue weighted by Crippen LogP contribution is 2.04. The maximum absolute atomic E-state index is 5.42. The Morgan fingerprint density at radius 3 is 2.83 bits per heavy atom. The Bertz CT molecular complexity index is 477. The van der Waals surface area contributed by atoms with Crippen molar-refractivity contribution >= 4 is 11.6 Å². The number of guanidine groups is 1. The van der Waals surface area contributed by atoms with Gasteiger partial charge in [-0.3, -0.25) is 10.4 Å². The van der Waals surface area contributed by atoms with E-state index in [2.05, 4.69) is 25.7 Å². The Balaban J connectivity index is 1.88. The molecule has 5 N–H and O–H groups in total. The van der Waals surface area contributed by atoms with E-state index in [0.717, 1.165) is 17.8 Å². The van der Waals surface area contributed by atoms with Gasteiger partial charge in [0.25, 0.3) is 0 Å². The van der Waals surface area contributed by atoms with Crippen LogP contribution in [0.4, 0.5) is 5.69 Å². The molecule has 0 fully saturated rings. The monoisotopic (exact) mass is 244 g/mol. The predicted octanol–water partition coefficient (Wildman–Crippen LogP) is 0.884. The summed E-state index contributed by atoms with van der Waals surface area (Å²) in [7, 11) is 0. The number of anilines is 1. The first-order chi connectivity index (χ1) is 8.88. The number of hydrogen-bond acceptors (Lipinski definition) is 3. The van der Waals surface area contributed by atoms with Gasteiger partial charge in [0.2, 0.25) is 5.96 Å². The lowest BCUT2D eigenvalue weighted by Gasteiger charge is -2.08. The molecule has 0 saturated carbocycles. The molecule has 1 aromatic carbocycles. The van der Waals surface area contributed by atoms with Gasteiger partial charge >= 0.3 is 0 Å². The van der Waals surface area contributed by atoms with Crippen LogP contribution in [-0.2, 0) is 6.42 Å². The molecule has 0 unspecified atom stereocenters. The van der Waals surface area contributed by atoms with Crippen molar-refractivity contribution in [1.29, 1.82) is 0 Å². The first-order valence-corrected chi connectivity index (χ1v) is 5.69. The van der Waals surface area contributed by atoms with Gasteiger partial charge in [-0.05, 0) is 12.1 Å². The lowest BCUT2D eigenvalue weighted by atomic mass is 10.3. The van der Waals surface area contributed by atoms with Crippen molar-refractivity contribution in [3.63, 3.8) is 0 Å².